The molecule has 1 aliphatic carbocycles. The summed E-state index contributed by atoms with van der Waals surface area (Å²) < 4.78 is 11.3. The molecular weight excluding hydrogens is 284 g/mol. The lowest BCUT2D eigenvalue weighted by atomic mass is 10.1. The van der Waals surface area contributed by atoms with E-state index < -0.39 is 12.0 Å². The monoisotopic (exact) mass is 304 g/mol. The molecule has 0 bridgehead atoms. The van der Waals surface area contributed by atoms with Crippen LogP contribution in [-0.4, -0.2) is 42.0 Å². The van der Waals surface area contributed by atoms with Crippen LogP contribution in [0.15, 0.2) is 24.3 Å². The van der Waals surface area contributed by atoms with E-state index in [1.54, 1.807) is 17.0 Å². The Morgan fingerprint density at radius 3 is 2.55 bits per heavy atom. The van der Waals surface area contributed by atoms with Crippen molar-refractivity contribution in [2.45, 2.75) is 37.8 Å². The molecule has 118 valence electrons. The molecule has 1 aromatic rings. The number of carbonyl (C=O) groups excluding carboxylic acids is 2. The standard InChI is InChI=1S/C16H20N2O4/c17-15(19)9-18(11-5-1-2-6-11)16(20)14-10-21-12-7-3-4-8-13(12)22-14/h3-4,7-8,11,14H,1-2,5-6,9-10H2,(H2,17,19)/t14-/m1/s1. The number of fused-ring (bicyclic) bond motifs is 1. The van der Waals surface area contributed by atoms with Gasteiger partial charge in [-0.1, -0.05) is 25.0 Å². The van der Waals surface area contributed by atoms with Gasteiger partial charge in [0.15, 0.2) is 11.5 Å². The zero-order chi connectivity index (χ0) is 15.5. The highest BCUT2D eigenvalue weighted by Gasteiger charge is 2.35. The van der Waals surface area contributed by atoms with E-state index in [9.17, 15) is 9.59 Å². The van der Waals surface area contributed by atoms with Gasteiger partial charge in [-0.05, 0) is 25.0 Å². The Morgan fingerprint density at radius 1 is 1.18 bits per heavy atom. The maximum absolute atomic E-state index is 12.7. The third-order valence-corrected chi connectivity index (χ3v) is 4.16. The topological polar surface area (TPSA) is 81.9 Å². The van der Waals surface area contributed by atoms with Crippen molar-refractivity contribution in [3.8, 4) is 11.5 Å². The van der Waals surface area contributed by atoms with Gasteiger partial charge in [0.1, 0.15) is 6.61 Å². The molecule has 6 heteroatoms. The number of amides is 2. The summed E-state index contributed by atoms with van der Waals surface area (Å²) in [5.74, 6) is 0.462. The van der Waals surface area contributed by atoms with Crippen molar-refractivity contribution in [3.05, 3.63) is 24.3 Å². The molecule has 2 aliphatic rings. The first-order valence-corrected chi connectivity index (χ1v) is 7.62. The summed E-state index contributed by atoms with van der Waals surface area (Å²) in [5.41, 5.74) is 5.30. The molecule has 1 aromatic carbocycles. The number of hydrogen-bond acceptors (Lipinski definition) is 4. The number of ether oxygens (including phenoxy) is 2. The molecule has 0 radical (unpaired) electrons. The number of primary amides is 1. The molecule has 3 rings (SSSR count). The van der Waals surface area contributed by atoms with E-state index in [0.29, 0.717) is 11.5 Å². The number of nitrogens with zero attached hydrogens (tertiary/aromatic N) is 1. The number of para-hydroxylation sites is 2. The summed E-state index contributed by atoms with van der Waals surface area (Å²) in [6.45, 7) is 0.0861. The number of hydrogen-bond donors (Lipinski definition) is 1. The molecule has 1 aliphatic heterocycles. The molecule has 1 atom stereocenters. The second kappa shape index (κ2) is 6.25. The molecule has 0 aromatic heterocycles. The highest BCUT2D eigenvalue weighted by atomic mass is 16.6. The summed E-state index contributed by atoms with van der Waals surface area (Å²) in [6.07, 6.45) is 3.22. The highest BCUT2D eigenvalue weighted by molar-refractivity contribution is 5.87. The van der Waals surface area contributed by atoms with Crippen LogP contribution in [0.4, 0.5) is 0 Å². The fourth-order valence-corrected chi connectivity index (χ4v) is 3.10. The predicted molar refractivity (Wildman–Crippen MR) is 79.5 cm³/mol. The zero-order valence-electron chi connectivity index (χ0n) is 12.4. The SMILES string of the molecule is NC(=O)CN(C(=O)[C@H]1COc2ccccc2O1)C1CCCC1. The van der Waals surface area contributed by atoms with Gasteiger partial charge in [0, 0.05) is 6.04 Å². The lowest BCUT2D eigenvalue weighted by Gasteiger charge is -2.33. The van der Waals surface area contributed by atoms with Crippen LogP contribution in [0.3, 0.4) is 0 Å². The van der Waals surface area contributed by atoms with E-state index in [2.05, 4.69) is 0 Å². The molecule has 6 nitrogen and oxygen atoms in total. The van der Waals surface area contributed by atoms with Crippen LogP contribution >= 0.6 is 0 Å². The zero-order valence-corrected chi connectivity index (χ0v) is 12.4. The van der Waals surface area contributed by atoms with E-state index in [4.69, 9.17) is 15.2 Å². The first-order valence-electron chi connectivity index (χ1n) is 7.62. The molecule has 0 unspecified atom stereocenters. The van der Waals surface area contributed by atoms with Gasteiger partial charge in [0.25, 0.3) is 5.91 Å². The predicted octanol–water partition coefficient (Wildman–Crippen LogP) is 1.08. The van der Waals surface area contributed by atoms with Gasteiger partial charge in [0.05, 0.1) is 6.54 Å². The minimum Gasteiger partial charge on any atom is -0.485 e. The largest absolute Gasteiger partial charge is 0.485 e. The number of benzene rings is 1. The van der Waals surface area contributed by atoms with Gasteiger partial charge in [-0.2, -0.15) is 0 Å². The molecular formula is C16H20N2O4. The summed E-state index contributed by atoms with van der Waals surface area (Å²) in [4.78, 5) is 25.6. The van der Waals surface area contributed by atoms with Gasteiger partial charge in [-0.3, -0.25) is 9.59 Å². The van der Waals surface area contributed by atoms with Gasteiger partial charge in [-0.25, -0.2) is 0 Å². The number of nitrogens with two attached hydrogens (primary N) is 1. The normalized spacial score (nSPS) is 20.6. The van der Waals surface area contributed by atoms with Crippen molar-refractivity contribution >= 4 is 11.8 Å². The lowest BCUT2D eigenvalue weighted by Crippen LogP contribution is -2.52. The van der Waals surface area contributed by atoms with Gasteiger partial charge >= 0.3 is 0 Å². The fraction of sp³-hybridized carbons (Fsp3) is 0.500. The molecule has 1 fully saturated rings. The number of carbonyl (C=O) groups is 2. The summed E-state index contributed by atoms with van der Waals surface area (Å²) >= 11 is 0. The molecule has 1 saturated carbocycles. The van der Waals surface area contributed by atoms with Crippen molar-refractivity contribution < 1.29 is 19.1 Å². The van der Waals surface area contributed by atoms with E-state index in [0.717, 1.165) is 25.7 Å². The summed E-state index contributed by atoms with van der Waals surface area (Å²) in [5, 5.41) is 0. The van der Waals surface area contributed by atoms with E-state index in [-0.39, 0.29) is 25.1 Å². The summed E-state index contributed by atoms with van der Waals surface area (Å²) in [7, 11) is 0. The Labute approximate surface area is 129 Å². The first kappa shape index (κ1) is 14.7. The maximum Gasteiger partial charge on any atom is 0.267 e. The van der Waals surface area contributed by atoms with Crippen LogP contribution in [0, 0.1) is 0 Å². The van der Waals surface area contributed by atoms with Crippen molar-refractivity contribution in [2.75, 3.05) is 13.2 Å². The third kappa shape index (κ3) is 3.00. The maximum atomic E-state index is 12.7. The quantitative estimate of drug-likeness (QED) is 0.902. The van der Waals surface area contributed by atoms with Gasteiger partial charge < -0.3 is 20.1 Å². The van der Waals surface area contributed by atoms with Crippen LogP contribution in [0.1, 0.15) is 25.7 Å². The van der Waals surface area contributed by atoms with Crippen molar-refractivity contribution in [2.24, 2.45) is 5.73 Å². The highest BCUT2D eigenvalue weighted by Crippen LogP contribution is 2.32. The molecule has 0 saturated heterocycles. The Kier molecular flexibility index (Phi) is 4.18. The Morgan fingerprint density at radius 2 is 1.86 bits per heavy atom. The van der Waals surface area contributed by atoms with Crippen LogP contribution in [0.2, 0.25) is 0 Å². The van der Waals surface area contributed by atoms with Crippen molar-refractivity contribution in [1.82, 2.24) is 4.90 Å². The first-order chi connectivity index (χ1) is 10.6. The van der Waals surface area contributed by atoms with Crippen molar-refractivity contribution in [3.63, 3.8) is 0 Å². The van der Waals surface area contributed by atoms with E-state index >= 15 is 0 Å². The molecule has 0 spiro atoms. The molecule has 2 N–H and O–H groups in total. The Hall–Kier alpha value is -2.24. The Bertz CT molecular complexity index is 569. The fourth-order valence-electron chi connectivity index (χ4n) is 3.10. The minimum absolute atomic E-state index is 0.0645. The average Bonchev–Trinajstić information content (AvgIpc) is 3.05. The third-order valence-electron chi connectivity index (χ3n) is 4.16. The van der Waals surface area contributed by atoms with Gasteiger partial charge in [0.2, 0.25) is 12.0 Å². The van der Waals surface area contributed by atoms with E-state index in [1.807, 2.05) is 12.1 Å². The van der Waals surface area contributed by atoms with Crippen LogP contribution in [-0.2, 0) is 9.59 Å². The van der Waals surface area contributed by atoms with Crippen LogP contribution < -0.4 is 15.2 Å². The molecule has 22 heavy (non-hydrogen) atoms. The average molecular weight is 304 g/mol. The molecule has 2 amide bonds. The summed E-state index contributed by atoms with van der Waals surface area (Å²) in [6, 6.07) is 7.31. The van der Waals surface area contributed by atoms with Gasteiger partial charge in [-0.15, -0.1) is 0 Å². The minimum atomic E-state index is -0.727. The number of rotatable bonds is 4. The second-order valence-electron chi connectivity index (χ2n) is 5.73. The van der Waals surface area contributed by atoms with E-state index in [1.165, 1.54) is 0 Å². The van der Waals surface area contributed by atoms with Crippen molar-refractivity contribution in [1.29, 1.82) is 0 Å². The Balaban J connectivity index is 1.74. The van der Waals surface area contributed by atoms with Crippen LogP contribution in [0.25, 0.3) is 0 Å². The smallest absolute Gasteiger partial charge is 0.267 e. The lowest BCUT2D eigenvalue weighted by molar-refractivity contribution is -0.146. The second-order valence-corrected chi connectivity index (χ2v) is 5.73. The van der Waals surface area contributed by atoms with Crippen LogP contribution in [0.5, 0.6) is 11.5 Å². The molecule has 1 heterocycles.